The van der Waals surface area contributed by atoms with Gasteiger partial charge in [-0.15, -0.1) is 11.3 Å². The minimum atomic E-state index is -0.387. The van der Waals surface area contributed by atoms with Crippen LogP contribution in [0, 0.1) is 6.92 Å². The summed E-state index contributed by atoms with van der Waals surface area (Å²) in [6, 6.07) is 15.1. The Balaban J connectivity index is 1.25. The first-order valence-electron chi connectivity index (χ1n) is 9.95. The smallest absolute Gasteiger partial charge is 0.338 e. The molecule has 2 heterocycles. The molecule has 0 aliphatic carbocycles. The van der Waals surface area contributed by atoms with Gasteiger partial charge in [0.05, 0.1) is 17.4 Å². The second-order valence-electron chi connectivity index (χ2n) is 7.18. The molecule has 0 unspecified atom stereocenters. The zero-order chi connectivity index (χ0) is 20.8. The number of esters is 1. The van der Waals surface area contributed by atoms with Gasteiger partial charge < -0.3 is 19.5 Å². The van der Waals surface area contributed by atoms with Crippen molar-refractivity contribution in [1.82, 2.24) is 4.98 Å². The Morgan fingerprint density at radius 2 is 2.00 bits per heavy atom. The predicted molar refractivity (Wildman–Crippen MR) is 117 cm³/mol. The fraction of sp³-hybridized carbons (Fsp3) is 0.304. The van der Waals surface area contributed by atoms with E-state index in [4.69, 9.17) is 14.2 Å². The van der Waals surface area contributed by atoms with E-state index in [0.717, 1.165) is 30.3 Å². The lowest BCUT2D eigenvalue weighted by Crippen LogP contribution is -2.16. The van der Waals surface area contributed by atoms with Crippen molar-refractivity contribution < 1.29 is 19.0 Å². The lowest BCUT2D eigenvalue weighted by molar-refractivity contribution is 0.0468. The van der Waals surface area contributed by atoms with Gasteiger partial charge in [0.2, 0.25) is 0 Å². The number of aromatic nitrogens is 1. The molecule has 1 aliphatic rings. The van der Waals surface area contributed by atoms with Gasteiger partial charge in [0.15, 0.2) is 5.13 Å². The second-order valence-corrected chi connectivity index (χ2v) is 8.04. The number of nitrogens with one attached hydrogen (secondary N) is 1. The highest BCUT2D eigenvalue weighted by Crippen LogP contribution is 2.22. The van der Waals surface area contributed by atoms with E-state index in [1.165, 1.54) is 16.9 Å². The molecule has 3 aromatic rings. The highest BCUT2D eigenvalue weighted by Gasteiger charge is 2.16. The Hall–Kier alpha value is -2.90. The van der Waals surface area contributed by atoms with E-state index in [2.05, 4.69) is 10.3 Å². The lowest BCUT2D eigenvalue weighted by atomic mass is 10.2. The summed E-state index contributed by atoms with van der Waals surface area (Å²) >= 11 is 1.47. The number of thiazole rings is 1. The van der Waals surface area contributed by atoms with E-state index in [9.17, 15) is 4.79 Å². The second kappa shape index (κ2) is 9.73. The van der Waals surface area contributed by atoms with Crippen molar-refractivity contribution in [3.8, 4) is 5.75 Å². The minimum absolute atomic E-state index is 0.127. The summed E-state index contributed by atoms with van der Waals surface area (Å²) in [7, 11) is 0. The Labute approximate surface area is 179 Å². The van der Waals surface area contributed by atoms with E-state index in [1.54, 1.807) is 24.3 Å². The molecule has 2 aromatic carbocycles. The molecule has 0 radical (unpaired) electrons. The zero-order valence-corrected chi connectivity index (χ0v) is 17.6. The number of hydrogen-bond acceptors (Lipinski definition) is 7. The van der Waals surface area contributed by atoms with Crippen molar-refractivity contribution in [3.05, 3.63) is 70.7 Å². The number of aryl methyl sites for hydroxylation is 1. The largest absolute Gasteiger partial charge is 0.491 e. The molecule has 1 saturated heterocycles. The van der Waals surface area contributed by atoms with Crippen molar-refractivity contribution in [1.29, 1.82) is 0 Å². The number of nitrogens with zero attached hydrogens (tertiary/aromatic N) is 1. The Bertz CT molecular complexity index is 964. The molecule has 30 heavy (non-hydrogen) atoms. The summed E-state index contributed by atoms with van der Waals surface area (Å²) in [5, 5.41) is 5.90. The van der Waals surface area contributed by atoms with Crippen LogP contribution in [0.5, 0.6) is 5.75 Å². The molecule has 7 heteroatoms. The third-order valence-corrected chi connectivity index (χ3v) is 5.56. The molecule has 0 spiro atoms. The van der Waals surface area contributed by atoms with Crippen LogP contribution < -0.4 is 10.1 Å². The molecule has 1 fully saturated rings. The molecular weight excluding hydrogens is 400 g/mol. The van der Waals surface area contributed by atoms with Gasteiger partial charge in [0.25, 0.3) is 0 Å². The average molecular weight is 425 g/mol. The molecular formula is C23H24N2O4S. The summed E-state index contributed by atoms with van der Waals surface area (Å²) < 4.78 is 16.7. The number of rotatable bonds is 8. The molecule has 1 N–H and O–H groups in total. The third-order valence-electron chi connectivity index (χ3n) is 4.76. The van der Waals surface area contributed by atoms with Crippen LogP contribution >= 0.6 is 11.3 Å². The summed E-state index contributed by atoms with van der Waals surface area (Å²) in [5.74, 6) is 0.329. The molecule has 6 nitrogen and oxygen atoms in total. The van der Waals surface area contributed by atoms with E-state index in [1.807, 2.05) is 36.6 Å². The first kappa shape index (κ1) is 20.4. The fourth-order valence-electron chi connectivity index (χ4n) is 3.07. The van der Waals surface area contributed by atoms with Gasteiger partial charge in [-0.05, 0) is 56.2 Å². The van der Waals surface area contributed by atoms with Crippen LogP contribution in [-0.4, -0.2) is 30.3 Å². The third kappa shape index (κ3) is 5.58. The Morgan fingerprint density at radius 3 is 2.73 bits per heavy atom. The number of carbonyl (C=O) groups is 1. The Morgan fingerprint density at radius 1 is 1.20 bits per heavy atom. The van der Waals surface area contributed by atoms with E-state index >= 15 is 0 Å². The minimum Gasteiger partial charge on any atom is -0.491 e. The van der Waals surface area contributed by atoms with Gasteiger partial charge in [0.1, 0.15) is 19.0 Å². The van der Waals surface area contributed by atoms with Gasteiger partial charge in [-0.25, -0.2) is 9.78 Å². The quantitative estimate of drug-likeness (QED) is 0.507. The van der Waals surface area contributed by atoms with Crippen LogP contribution in [0.2, 0.25) is 0 Å². The van der Waals surface area contributed by atoms with Gasteiger partial charge in [-0.3, -0.25) is 0 Å². The molecule has 0 amide bonds. The maximum Gasteiger partial charge on any atom is 0.338 e. The maximum absolute atomic E-state index is 12.3. The van der Waals surface area contributed by atoms with Crippen molar-refractivity contribution in [2.45, 2.75) is 32.5 Å². The fourth-order valence-corrected chi connectivity index (χ4v) is 3.78. The maximum atomic E-state index is 12.3. The molecule has 0 bridgehead atoms. The number of anilines is 2. The highest BCUT2D eigenvalue weighted by atomic mass is 32.1. The molecule has 1 aliphatic heterocycles. The lowest BCUT2D eigenvalue weighted by Gasteiger charge is -2.11. The van der Waals surface area contributed by atoms with Crippen LogP contribution in [0.4, 0.5) is 10.8 Å². The molecule has 1 aromatic heterocycles. The van der Waals surface area contributed by atoms with Crippen molar-refractivity contribution in [2.24, 2.45) is 0 Å². The first-order valence-corrected chi connectivity index (χ1v) is 10.8. The van der Waals surface area contributed by atoms with Crippen LogP contribution in [0.1, 0.15) is 34.5 Å². The van der Waals surface area contributed by atoms with Crippen molar-refractivity contribution in [2.75, 3.05) is 18.5 Å². The van der Waals surface area contributed by atoms with Gasteiger partial charge in [-0.1, -0.05) is 17.7 Å². The number of carbonyl (C=O) groups excluding carboxylic acids is 1. The van der Waals surface area contributed by atoms with Crippen molar-refractivity contribution >= 4 is 28.1 Å². The predicted octanol–water partition coefficient (Wildman–Crippen LogP) is 5.11. The summed E-state index contributed by atoms with van der Waals surface area (Å²) in [4.78, 5) is 16.8. The average Bonchev–Trinajstić information content (AvgIpc) is 3.45. The van der Waals surface area contributed by atoms with Gasteiger partial charge in [0, 0.05) is 17.7 Å². The molecule has 156 valence electrons. The van der Waals surface area contributed by atoms with Crippen LogP contribution in [0.15, 0.2) is 53.9 Å². The number of ether oxygens (including phenoxy) is 3. The van der Waals surface area contributed by atoms with Gasteiger partial charge in [-0.2, -0.15) is 0 Å². The zero-order valence-electron chi connectivity index (χ0n) is 16.8. The standard InChI is InChI=1S/C23H24N2O4S/c1-16-4-8-18(9-5-16)24-23-25-19(15-30-23)13-29-22(26)17-6-10-20(11-7-17)28-14-21-3-2-12-27-21/h4-11,15,21H,2-3,12-14H2,1H3,(H,24,25)/t21-/m0/s1. The number of benzene rings is 2. The van der Waals surface area contributed by atoms with E-state index in [-0.39, 0.29) is 18.7 Å². The SMILES string of the molecule is Cc1ccc(Nc2nc(COC(=O)c3ccc(OC[C@@H]4CCCO4)cc3)cs2)cc1. The van der Waals surface area contributed by atoms with E-state index < -0.39 is 0 Å². The summed E-state index contributed by atoms with van der Waals surface area (Å²) in [6.45, 7) is 3.52. The van der Waals surface area contributed by atoms with Gasteiger partial charge >= 0.3 is 5.97 Å². The summed E-state index contributed by atoms with van der Waals surface area (Å²) in [6.07, 6.45) is 2.28. The van der Waals surface area contributed by atoms with Crippen molar-refractivity contribution in [3.63, 3.8) is 0 Å². The Kier molecular flexibility index (Phi) is 6.61. The molecule has 4 rings (SSSR count). The normalized spacial score (nSPS) is 15.7. The monoisotopic (exact) mass is 424 g/mol. The number of hydrogen-bond donors (Lipinski definition) is 1. The topological polar surface area (TPSA) is 69.7 Å². The first-order chi connectivity index (χ1) is 14.7. The molecule has 1 atom stereocenters. The van der Waals surface area contributed by atoms with Crippen LogP contribution in [-0.2, 0) is 16.1 Å². The van der Waals surface area contributed by atoms with Crippen LogP contribution in [0.25, 0.3) is 0 Å². The summed E-state index contributed by atoms with van der Waals surface area (Å²) in [5.41, 5.74) is 3.36. The molecule has 0 saturated carbocycles. The van der Waals surface area contributed by atoms with Crippen LogP contribution in [0.3, 0.4) is 0 Å². The highest BCUT2D eigenvalue weighted by molar-refractivity contribution is 7.13. The van der Waals surface area contributed by atoms with E-state index in [0.29, 0.717) is 23.6 Å².